The summed E-state index contributed by atoms with van der Waals surface area (Å²) in [4.78, 5) is 29.7. The second-order valence-electron chi connectivity index (χ2n) is 2.88. The summed E-state index contributed by atoms with van der Waals surface area (Å²) in [5.74, 6) is -2.48. The molecule has 1 atom stereocenters. The van der Waals surface area contributed by atoms with Crippen molar-refractivity contribution in [1.29, 1.82) is 0 Å². The number of hydrogen-bond acceptors (Lipinski definition) is 5. The van der Waals surface area contributed by atoms with Crippen LogP contribution in [0.5, 0.6) is 0 Å². The molecule has 0 bridgehead atoms. The van der Waals surface area contributed by atoms with Gasteiger partial charge in [0.1, 0.15) is 6.04 Å². The van der Waals surface area contributed by atoms with E-state index in [-0.39, 0.29) is 25.8 Å². The molecule has 0 heterocycles. The number of amides is 1. The Balaban J connectivity index is 0. The van der Waals surface area contributed by atoms with Crippen molar-refractivity contribution in [1.82, 2.24) is 0 Å². The van der Waals surface area contributed by atoms with Gasteiger partial charge >= 0.3 is 11.9 Å². The van der Waals surface area contributed by atoms with Gasteiger partial charge in [-0.3, -0.25) is 14.4 Å². The maximum absolute atomic E-state index is 10.1. The largest absolute Gasteiger partial charge is 0.481 e. The minimum Gasteiger partial charge on any atom is -0.481 e. The van der Waals surface area contributed by atoms with Gasteiger partial charge < -0.3 is 27.4 Å². The summed E-state index contributed by atoms with van der Waals surface area (Å²) in [7, 11) is 0. The minimum absolute atomic E-state index is 0.0213. The molecule has 0 aromatic carbocycles. The average molecular weight is 235 g/mol. The summed E-state index contributed by atoms with van der Waals surface area (Å²) < 4.78 is 0. The number of aliphatic carboxylic acids is 2. The van der Waals surface area contributed by atoms with Crippen LogP contribution in [0.15, 0.2) is 0 Å². The molecule has 8 nitrogen and oxygen atoms in total. The fourth-order valence-electron chi connectivity index (χ4n) is 0.545. The number of nitrogens with two attached hydrogens (primary N) is 3. The van der Waals surface area contributed by atoms with Crippen molar-refractivity contribution >= 4 is 17.8 Å². The van der Waals surface area contributed by atoms with E-state index in [2.05, 4.69) is 0 Å². The van der Waals surface area contributed by atoms with E-state index in [9.17, 15) is 14.4 Å². The van der Waals surface area contributed by atoms with Gasteiger partial charge in [-0.1, -0.05) is 0 Å². The lowest BCUT2D eigenvalue weighted by Crippen LogP contribution is -2.31. The van der Waals surface area contributed by atoms with E-state index < -0.39 is 23.9 Å². The molecule has 1 amide bonds. The molecule has 0 spiro atoms. The van der Waals surface area contributed by atoms with Crippen molar-refractivity contribution in [3.05, 3.63) is 0 Å². The molecule has 0 saturated carbocycles. The third-order valence-corrected chi connectivity index (χ3v) is 1.38. The van der Waals surface area contributed by atoms with E-state index in [1.165, 1.54) is 0 Å². The molecular weight excluding hydrogens is 218 g/mol. The van der Waals surface area contributed by atoms with E-state index in [4.69, 9.17) is 27.4 Å². The van der Waals surface area contributed by atoms with Crippen LogP contribution in [0.1, 0.15) is 19.3 Å². The maximum Gasteiger partial charge on any atom is 0.320 e. The molecular formula is C8H17N3O5. The summed E-state index contributed by atoms with van der Waals surface area (Å²) >= 11 is 0. The number of carboxylic acids is 2. The van der Waals surface area contributed by atoms with E-state index in [1.54, 1.807) is 0 Å². The van der Waals surface area contributed by atoms with Crippen LogP contribution in [0.3, 0.4) is 0 Å². The first-order chi connectivity index (χ1) is 7.31. The summed E-state index contributed by atoms with van der Waals surface area (Å²) in [6.07, 6.45) is 0.193. The Kier molecular flexibility index (Phi) is 10.3. The van der Waals surface area contributed by atoms with E-state index >= 15 is 0 Å². The number of primary amides is 1. The highest BCUT2D eigenvalue weighted by Crippen LogP contribution is 1.92. The molecule has 1 unspecified atom stereocenters. The second-order valence-corrected chi connectivity index (χ2v) is 2.88. The highest BCUT2D eigenvalue weighted by molar-refractivity contribution is 5.76. The van der Waals surface area contributed by atoms with Crippen molar-refractivity contribution < 1.29 is 24.6 Å². The van der Waals surface area contributed by atoms with Gasteiger partial charge in [-0.2, -0.15) is 0 Å². The predicted octanol–water partition coefficient (Wildman–Crippen LogP) is -1.92. The third-order valence-electron chi connectivity index (χ3n) is 1.38. The summed E-state index contributed by atoms with van der Waals surface area (Å²) in [6, 6.07) is -0.979. The van der Waals surface area contributed by atoms with Gasteiger partial charge in [0.05, 0.1) is 6.42 Å². The molecule has 8 N–H and O–H groups in total. The number of hydrogen-bond donors (Lipinski definition) is 5. The molecule has 0 aliphatic rings. The molecule has 0 saturated heterocycles. The topological polar surface area (TPSA) is 170 Å². The van der Waals surface area contributed by atoms with Crippen LogP contribution in [0.4, 0.5) is 0 Å². The van der Waals surface area contributed by atoms with Crippen LogP contribution in [0.25, 0.3) is 0 Å². The monoisotopic (exact) mass is 235 g/mol. The zero-order valence-corrected chi connectivity index (χ0v) is 8.76. The van der Waals surface area contributed by atoms with Crippen LogP contribution in [-0.4, -0.2) is 40.6 Å². The SMILES string of the molecule is NC(=O)CCC(N)C(=O)O.NCCC(=O)O. The molecule has 0 aromatic rings. The first kappa shape index (κ1) is 16.7. The molecule has 0 aromatic heterocycles. The van der Waals surface area contributed by atoms with Gasteiger partial charge in [0.2, 0.25) is 5.91 Å². The second kappa shape index (κ2) is 9.87. The first-order valence-corrected chi connectivity index (χ1v) is 4.49. The van der Waals surface area contributed by atoms with Gasteiger partial charge in [-0.15, -0.1) is 0 Å². The van der Waals surface area contributed by atoms with Crippen LogP contribution < -0.4 is 17.2 Å². The Morgan fingerprint density at radius 2 is 1.62 bits per heavy atom. The van der Waals surface area contributed by atoms with E-state index in [0.29, 0.717) is 0 Å². The molecule has 0 fully saturated rings. The van der Waals surface area contributed by atoms with Gasteiger partial charge in [0.25, 0.3) is 0 Å². The van der Waals surface area contributed by atoms with Gasteiger partial charge in [0.15, 0.2) is 0 Å². The lowest BCUT2D eigenvalue weighted by atomic mass is 10.2. The van der Waals surface area contributed by atoms with Crippen molar-refractivity contribution in [3.63, 3.8) is 0 Å². The van der Waals surface area contributed by atoms with Crippen molar-refractivity contribution in [2.24, 2.45) is 17.2 Å². The van der Waals surface area contributed by atoms with E-state index in [0.717, 1.165) is 0 Å². The van der Waals surface area contributed by atoms with Crippen molar-refractivity contribution in [2.75, 3.05) is 6.54 Å². The standard InChI is InChI=1S/C5H10N2O3.C3H7NO2/c6-3(5(9)10)1-2-4(7)8;4-2-1-3(5)6/h3H,1-2,6H2,(H2,7,8)(H,9,10);1-2,4H2,(H,5,6). The Bertz CT molecular complexity index is 244. The number of rotatable bonds is 6. The summed E-state index contributed by atoms with van der Waals surface area (Å²) in [5.41, 5.74) is 14.7. The fraction of sp³-hybridized carbons (Fsp3) is 0.625. The minimum atomic E-state index is -1.11. The predicted molar refractivity (Wildman–Crippen MR) is 55.3 cm³/mol. The molecule has 0 aliphatic carbocycles. The zero-order chi connectivity index (χ0) is 13.1. The smallest absolute Gasteiger partial charge is 0.320 e. The highest BCUT2D eigenvalue weighted by Gasteiger charge is 2.11. The Morgan fingerprint density at radius 1 is 1.12 bits per heavy atom. The Hall–Kier alpha value is -1.67. The zero-order valence-electron chi connectivity index (χ0n) is 8.76. The van der Waals surface area contributed by atoms with Crippen molar-refractivity contribution in [3.8, 4) is 0 Å². The molecule has 0 aliphatic heterocycles. The number of carbonyl (C=O) groups is 3. The molecule has 0 rings (SSSR count). The maximum atomic E-state index is 10.1. The van der Waals surface area contributed by atoms with Crippen LogP contribution in [0.2, 0.25) is 0 Å². The third kappa shape index (κ3) is 14.8. The number of carbonyl (C=O) groups excluding carboxylic acids is 1. The van der Waals surface area contributed by atoms with Gasteiger partial charge in [0, 0.05) is 13.0 Å². The van der Waals surface area contributed by atoms with Crippen molar-refractivity contribution in [2.45, 2.75) is 25.3 Å². The van der Waals surface area contributed by atoms with E-state index in [1.807, 2.05) is 0 Å². The van der Waals surface area contributed by atoms with Crippen LogP contribution in [-0.2, 0) is 14.4 Å². The molecule has 16 heavy (non-hydrogen) atoms. The average Bonchev–Trinajstić information content (AvgIpc) is 2.14. The quantitative estimate of drug-likeness (QED) is 0.357. The van der Waals surface area contributed by atoms with Crippen LogP contribution in [0, 0.1) is 0 Å². The fourth-order valence-corrected chi connectivity index (χ4v) is 0.545. The molecule has 8 heteroatoms. The molecule has 0 radical (unpaired) electrons. The number of carboxylic acid groups (broad SMARTS) is 2. The Morgan fingerprint density at radius 3 is 1.81 bits per heavy atom. The normalized spacial score (nSPS) is 10.9. The molecule has 94 valence electrons. The first-order valence-electron chi connectivity index (χ1n) is 4.49. The summed E-state index contributed by atoms with van der Waals surface area (Å²) in [6.45, 7) is 0.231. The highest BCUT2D eigenvalue weighted by atomic mass is 16.4. The lowest BCUT2D eigenvalue weighted by Gasteiger charge is -2.01. The van der Waals surface area contributed by atoms with Crippen LogP contribution >= 0.6 is 0 Å². The van der Waals surface area contributed by atoms with Gasteiger partial charge in [-0.25, -0.2) is 0 Å². The lowest BCUT2D eigenvalue weighted by molar-refractivity contribution is -0.139. The summed E-state index contributed by atoms with van der Waals surface area (Å²) in [5, 5.41) is 16.1. The van der Waals surface area contributed by atoms with Gasteiger partial charge in [-0.05, 0) is 6.42 Å². The Labute approximate surface area is 92.4 Å².